The number of hydrogen-bond acceptors (Lipinski definition) is 5. The van der Waals surface area contributed by atoms with E-state index < -0.39 is 12.0 Å². The molecule has 0 bridgehead atoms. The van der Waals surface area contributed by atoms with E-state index in [0.717, 1.165) is 5.56 Å². The highest BCUT2D eigenvalue weighted by Crippen LogP contribution is 2.11. The third-order valence-corrected chi connectivity index (χ3v) is 4.85. The quantitative estimate of drug-likeness (QED) is 0.706. The molecule has 1 atom stereocenters. The van der Waals surface area contributed by atoms with Crippen molar-refractivity contribution in [2.45, 2.75) is 26.4 Å². The van der Waals surface area contributed by atoms with E-state index in [1.165, 1.54) is 16.2 Å². The smallest absolute Gasteiger partial charge is 0.329 e. The molecule has 1 aromatic heterocycles. The number of likely N-dealkylation sites (N-methyl/N-ethyl adjacent to an activating group) is 1. The minimum atomic E-state index is -0.813. The molecule has 1 aromatic carbocycles. The Balaban J connectivity index is 1.87. The van der Waals surface area contributed by atoms with Crippen LogP contribution in [0.5, 0.6) is 0 Å². The fourth-order valence-electron chi connectivity index (χ4n) is 2.40. The standard InChI is InChI=1S/C20H24N2O4S/c1-14(2)18(21-19(24)16-10-7-11-27-16)20(25)26-13-17(23)22(3)12-15-8-5-4-6-9-15/h4-11,14,18H,12-13H2,1-3H3,(H,21,24)/t18-/m1/s1. The summed E-state index contributed by atoms with van der Waals surface area (Å²) in [4.78, 5) is 38.8. The molecule has 0 spiro atoms. The van der Waals surface area contributed by atoms with E-state index in [1.807, 2.05) is 44.2 Å². The predicted molar refractivity (Wildman–Crippen MR) is 104 cm³/mol. The number of hydrogen-bond donors (Lipinski definition) is 1. The van der Waals surface area contributed by atoms with Crippen molar-refractivity contribution in [3.8, 4) is 0 Å². The summed E-state index contributed by atoms with van der Waals surface area (Å²) in [7, 11) is 1.65. The van der Waals surface area contributed by atoms with Gasteiger partial charge in [-0.2, -0.15) is 0 Å². The van der Waals surface area contributed by atoms with Crippen LogP contribution in [0.3, 0.4) is 0 Å². The Labute approximate surface area is 163 Å². The molecular formula is C20H24N2O4S. The Morgan fingerprint density at radius 1 is 1.11 bits per heavy atom. The highest BCUT2D eigenvalue weighted by molar-refractivity contribution is 7.12. The second-order valence-corrected chi connectivity index (χ2v) is 7.46. The average Bonchev–Trinajstić information content (AvgIpc) is 3.19. The minimum Gasteiger partial charge on any atom is -0.454 e. The first-order valence-corrected chi connectivity index (χ1v) is 9.55. The summed E-state index contributed by atoms with van der Waals surface area (Å²) in [5.41, 5.74) is 0.989. The fraction of sp³-hybridized carbons (Fsp3) is 0.350. The molecule has 1 heterocycles. The Morgan fingerprint density at radius 3 is 2.41 bits per heavy atom. The van der Waals surface area contributed by atoms with Gasteiger partial charge >= 0.3 is 5.97 Å². The van der Waals surface area contributed by atoms with Gasteiger partial charge in [0.25, 0.3) is 11.8 Å². The van der Waals surface area contributed by atoms with Gasteiger partial charge in [0.05, 0.1) is 4.88 Å². The first-order valence-electron chi connectivity index (χ1n) is 8.67. The van der Waals surface area contributed by atoms with E-state index >= 15 is 0 Å². The molecule has 0 unspecified atom stereocenters. The minimum absolute atomic E-state index is 0.168. The van der Waals surface area contributed by atoms with Gasteiger partial charge in [-0.05, 0) is 22.9 Å². The zero-order valence-corrected chi connectivity index (χ0v) is 16.5. The van der Waals surface area contributed by atoms with Gasteiger partial charge in [-0.1, -0.05) is 50.2 Å². The van der Waals surface area contributed by atoms with Gasteiger partial charge < -0.3 is 15.0 Å². The van der Waals surface area contributed by atoms with Crippen LogP contribution in [0.1, 0.15) is 29.1 Å². The van der Waals surface area contributed by atoms with Crippen LogP contribution in [0.25, 0.3) is 0 Å². The maximum Gasteiger partial charge on any atom is 0.329 e. The van der Waals surface area contributed by atoms with Gasteiger partial charge in [-0.3, -0.25) is 9.59 Å². The molecule has 0 aliphatic carbocycles. The van der Waals surface area contributed by atoms with Crippen molar-refractivity contribution in [3.05, 3.63) is 58.3 Å². The van der Waals surface area contributed by atoms with E-state index in [0.29, 0.717) is 11.4 Å². The number of thiophene rings is 1. The molecule has 144 valence electrons. The highest BCUT2D eigenvalue weighted by Gasteiger charge is 2.27. The summed E-state index contributed by atoms with van der Waals surface area (Å²) in [5.74, 6) is -1.41. The van der Waals surface area contributed by atoms with Crippen molar-refractivity contribution in [1.29, 1.82) is 0 Å². The normalized spacial score (nSPS) is 11.7. The van der Waals surface area contributed by atoms with Gasteiger partial charge in [0.1, 0.15) is 6.04 Å². The van der Waals surface area contributed by atoms with Crippen molar-refractivity contribution in [3.63, 3.8) is 0 Å². The fourth-order valence-corrected chi connectivity index (χ4v) is 3.02. The number of esters is 1. The number of carbonyl (C=O) groups excluding carboxylic acids is 3. The molecule has 2 aromatic rings. The Morgan fingerprint density at radius 2 is 1.81 bits per heavy atom. The number of benzene rings is 1. The Kier molecular flexibility index (Phi) is 7.55. The van der Waals surface area contributed by atoms with Crippen LogP contribution in [0.2, 0.25) is 0 Å². The van der Waals surface area contributed by atoms with Crippen LogP contribution < -0.4 is 5.32 Å². The van der Waals surface area contributed by atoms with Crippen molar-refractivity contribution in [2.75, 3.05) is 13.7 Å². The third-order valence-electron chi connectivity index (χ3n) is 3.98. The van der Waals surface area contributed by atoms with E-state index in [4.69, 9.17) is 4.74 Å². The largest absolute Gasteiger partial charge is 0.454 e. The van der Waals surface area contributed by atoms with Crippen molar-refractivity contribution in [2.24, 2.45) is 5.92 Å². The van der Waals surface area contributed by atoms with E-state index in [2.05, 4.69) is 5.32 Å². The molecule has 0 saturated heterocycles. The molecule has 6 nitrogen and oxygen atoms in total. The third kappa shape index (κ3) is 6.21. The van der Waals surface area contributed by atoms with Crippen molar-refractivity contribution < 1.29 is 19.1 Å². The van der Waals surface area contributed by atoms with Crippen LogP contribution in [-0.2, 0) is 20.9 Å². The number of carbonyl (C=O) groups is 3. The molecule has 0 aliphatic rings. The lowest BCUT2D eigenvalue weighted by atomic mass is 10.0. The highest BCUT2D eigenvalue weighted by atomic mass is 32.1. The summed E-state index contributed by atoms with van der Waals surface area (Å²) >= 11 is 1.29. The lowest BCUT2D eigenvalue weighted by molar-refractivity contribution is -0.154. The maximum absolute atomic E-state index is 12.4. The zero-order valence-electron chi connectivity index (χ0n) is 15.7. The van der Waals surface area contributed by atoms with Crippen LogP contribution >= 0.6 is 11.3 Å². The average molecular weight is 388 g/mol. The summed E-state index contributed by atoms with van der Waals surface area (Å²) in [5, 5.41) is 4.47. The summed E-state index contributed by atoms with van der Waals surface area (Å²) in [6.45, 7) is 3.69. The van der Waals surface area contributed by atoms with E-state index in [-0.39, 0.29) is 24.3 Å². The molecular weight excluding hydrogens is 364 g/mol. The number of nitrogens with zero attached hydrogens (tertiary/aromatic N) is 1. The lowest BCUT2D eigenvalue weighted by Gasteiger charge is -2.22. The second-order valence-electron chi connectivity index (χ2n) is 6.52. The molecule has 27 heavy (non-hydrogen) atoms. The van der Waals surface area contributed by atoms with Crippen molar-refractivity contribution in [1.82, 2.24) is 10.2 Å². The van der Waals surface area contributed by atoms with E-state index in [9.17, 15) is 14.4 Å². The predicted octanol–water partition coefficient (Wildman–Crippen LogP) is 2.70. The SMILES string of the molecule is CC(C)[C@@H](NC(=O)c1cccs1)C(=O)OCC(=O)N(C)Cc1ccccc1. The van der Waals surface area contributed by atoms with Gasteiger partial charge in [-0.15, -0.1) is 11.3 Å². The summed E-state index contributed by atoms with van der Waals surface area (Å²) in [6.07, 6.45) is 0. The molecule has 2 amide bonds. The first kappa shape index (κ1) is 20.6. The molecule has 0 radical (unpaired) electrons. The number of rotatable bonds is 8. The summed E-state index contributed by atoms with van der Waals surface area (Å²) in [6, 6.07) is 12.2. The van der Waals surface area contributed by atoms with Gasteiger partial charge in [0, 0.05) is 13.6 Å². The number of amides is 2. The van der Waals surface area contributed by atoms with Crippen LogP contribution in [0.15, 0.2) is 47.8 Å². The van der Waals surface area contributed by atoms with Crippen LogP contribution in [0, 0.1) is 5.92 Å². The van der Waals surface area contributed by atoms with Gasteiger partial charge in [0.2, 0.25) is 0 Å². The Hall–Kier alpha value is -2.67. The zero-order chi connectivity index (χ0) is 19.8. The Bertz CT molecular complexity index is 760. The maximum atomic E-state index is 12.4. The van der Waals surface area contributed by atoms with Gasteiger partial charge in [0.15, 0.2) is 6.61 Å². The second kappa shape index (κ2) is 9.87. The molecule has 0 aliphatic heterocycles. The van der Waals surface area contributed by atoms with Crippen LogP contribution in [-0.4, -0.2) is 42.4 Å². The summed E-state index contributed by atoms with van der Waals surface area (Å²) < 4.78 is 5.16. The van der Waals surface area contributed by atoms with Crippen LogP contribution in [0.4, 0.5) is 0 Å². The molecule has 0 saturated carbocycles. The van der Waals surface area contributed by atoms with Crippen molar-refractivity contribution >= 4 is 29.1 Å². The monoisotopic (exact) mass is 388 g/mol. The van der Waals surface area contributed by atoms with Gasteiger partial charge in [-0.25, -0.2) is 4.79 Å². The first-order chi connectivity index (χ1) is 12.9. The number of ether oxygens (including phenoxy) is 1. The topological polar surface area (TPSA) is 75.7 Å². The molecule has 0 fully saturated rings. The molecule has 2 rings (SSSR count). The lowest BCUT2D eigenvalue weighted by Crippen LogP contribution is -2.46. The van der Waals surface area contributed by atoms with E-state index in [1.54, 1.807) is 24.6 Å². The number of nitrogens with one attached hydrogen (secondary N) is 1. The molecule has 7 heteroatoms. The molecule has 1 N–H and O–H groups in total.